The second-order valence-electron chi connectivity index (χ2n) is 7.76. The molecule has 1 aliphatic rings. The van der Waals surface area contributed by atoms with E-state index in [0.717, 1.165) is 19.2 Å². The largest absolute Gasteiger partial charge is 0.352 e. The van der Waals surface area contributed by atoms with Crippen molar-refractivity contribution in [1.29, 1.82) is 0 Å². The van der Waals surface area contributed by atoms with Gasteiger partial charge in [-0.1, -0.05) is 19.6 Å². The number of Topliss-reactive ketones (excluding diaryl/α,β-unsaturated/α-hetero) is 2. The van der Waals surface area contributed by atoms with Crippen molar-refractivity contribution < 1.29 is 19.2 Å². The molecule has 9 heteroatoms. The van der Waals surface area contributed by atoms with Gasteiger partial charge in [0.25, 0.3) is 5.91 Å². The molecule has 0 unspecified atom stereocenters. The lowest BCUT2D eigenvalue weighted by molar-refractivity contribution is -0.125. The van der Waals surface area contributed by atoms with Gasteiger partial charge in [-0.2, -0.15) is 0 Å². The Morgan fingerprint density at radius 1 is 1.06 bits per heavy atom. The molecule has 0 aromatic carbocycles. The van der Waals surface area contributed by atoms with E-state index in [1.165, 1.54) is 33.6 Å². The third-order valence-corrected chi connectivity index (χ3v) is 8.41. The molecule has 0 saturated heterocycles. The van der Waals surface area contributed by atoms with E-state index in [1.54, 1.807) is 24.1 Å². The standard InChI is InChI=1S/C26H26N2O4S3/c1-6-18-19(7-2)24(31)20(23(18)30)11-17-13-22-21(35-17)12-16(34-22)10-15(14-29)25(32)28(9-4)26(33)27(5)8-3/h6,10-14H,1,7-9H2,2-5H3/b15-10-,20-11+. The van der Waals surface area contributed by atoms with Crippen LogP contribution < -0.4 is 0 Å². The number of thiophene rings is 2. The highest BCUT2D eigenvalue weighted by Crippen LogP contribution is 2.37. The van der Waals surface area contributed by atoms with E-state index in [2.05, 4.69) is 6.58 Å². The molecule has 0 fully saturated rings. The molecule has 0 saturated carbocycles. The van der Waals surface area contributed by atoms with E-state index >= 15 is 0 Å². The Morgan fingerprint density at radius 2 is 1.69 bits per heavy atom. The lowest BCUT2D eigenvalue weighted by Crippen LogP contribution is -2.45. The summed E-state index contributed by atoms with van der Waals surface area (Å²) in [6, 6.07) is 3.79. The molecule has 0 spiro atoms. The minimum absolute atomic E-state index is 0.0206. The van der Waals surface area contributed by atoms with Crippen molar-refractivity contribution >= 4 is 85.3 Å². The average molecular weight is 527 g/mol. The number of rotatable bonds is 8. The maximum absolute atomic E-state index is 13.0. The van der Waals surface area contributed by atoms with Crippen LogP contribution in [0.25, 0.3) is 21.6 Å². The van der Waals surface area contributed by atoms with E-state index < -0.39 is 5.91 Å². The molecule has 3 rings (SSSR count). The van der Waals surface area contributed by atoms with Gasteiger partial charge in [0.15, 0.2) is 23.0 Å². The summed E-state index contributed by atoms with van der Waals surface area (Å²) < 4.78 is 1.87. The third kappa shape index (κ3) is 5.17. The zero-order chi connectivity index (χ0) is 25.9. The van der Waals surface area contributed by atoms with Gasteiger partial charge in [0.2, 0.25) is 0 Å². The number of amides is 1. The minimum Gasteiger partial charge on any atom is -0.352 e. The van der Waals surface area contributed by atoms with Crippen molar-refractivity contribution in [3.05, 3.63) is 56.8 Å². The second kappa shape index (κ2) is 11.2. The van der Waals surface area contributed by atoms with Crippen LogP contribution in [0, 0.1) is 0 Å². The van der Waals surface area contributed by atoms with Crippen LogP contribution in [0.4, 0.5) is 0 Å². The third-order valence-electron chi connectivity index (χ3n) is 5.69. The molecule has 1 amide bonds. The van der Waals surface area contributed by atoms with Crippen molar-refractivity contribution in [2.45, 2.75) is 27.2 Å². The Morgan fingerprint density at radius 3 is 2.20 bits per heavy atom. The average Bonchev–Trinajstić information content (AvgIpc) is 3.47. The number of nitrogens with zero attached hydrogens (tertiary/aromatic N) is 2. The molecule has 0 aliphatic heterocycles. The van der Waals surface area contributed by atoms with Gasteiger partial charge in [-0.05, 0) is 56.8 Å². The Kier molecular flexibility index (Phi) is 8.47. The Labute approximate surface area is 217 Å². The lowest BCUT2D eigenvalue weighted by atomic mass is 10.1. The molecule has 2 heterocycles. The predicted octanol–water partition coefficient (Wildman–Crippen LogP) is 5.06. The summed E-state index contributed by atoms with van der Waals surface area (Å²) in [5, 5.41) is 0.369. The smallest absolute Gasteiger partial charge is 0.263 e. The Balaban J connectivity index is 1.88. The summed E-state index contributed by atoms with van der Waals surface area (Å²) in [6.07, 6.45) is 5.68. The van der Waals surface area contributed by atoms with Crippen LogP contribution in [0.15, 0.2) is 47.1 Å². The lowest BCUT2D eigenvalue weighted by Gasteiger charge is -2.28. The first-order valence-electron chi connectivity index (χ1n) is 11.1. The molecule has 2 aromatic rings. The number of allylic oxidation sites excluding steroid dienone is 4. The first-order chi connectivity index (χ1) is 16.7. The van der Waals surface area contributed by atoms with Crippen LogP contribution in [0.3, 0.4) is 0 Å². The topological polar surface area (TPSA) is 74.8 Å². The highest BCUT2D eigenvalue weighted by Gasteiger charge is 2.33. The van der Waals surface area contributed by atoms with Gasteiger partial charge >= 0.3 is 0 Å². The van der Waals surface area contributed by atoms with Crippen molar-refractivity contribution in [3.8, 4) is 0 Å². The highest BCUT2D eigenvalue weighted by molar-refractivity contribution is 7.80. The number of likely N-dealkylation sites (N-methyl/N-ethyl adjacent to an activating group) is 1. The van der Waals surface area contributed by atoms with E-state index in [0.29, 0.717) is 42.1 Å². The Hall–Kier alpha value is -3.01. The molecule has 0 N–H and O–H groups in total. The van der Waals surface area contributed by atoms with Gasteiger partial charge in [0.05, 0.1) is 11.1 Å². The van der Waals surface area contributed by atoms with Crippen LogP contribution in [0.1, 0.15) is 36.9 Å². The van der Waals surface area contributed by atoms with Crippen molar-refractivity contribution in [2.75, 3.05) is 20.1 Å². The van der Waals surface area contributed by atoms with Crippen LogP contribution in [-0.4, -0.2) is 58.8 Å². The zero-order valence-corrected chi connectivity index (χ0v) is 22.5. The first-order valence-corrected chi connectivity index (χ1v) is 13.2. The van der Waals surface area contributed by atoms with Crippen LogP contribution >= 0.6 is 34.9 Å². The summed E-state index contributed by atoms with van der Waals surface area (Å²) in [6.45, 7) is 10.2. The SMILES string of the molecule is C=CC1=C(CC)C(=O)/C(=C/c2cc3sc(/C=C(/C=O)C(=O)N(CC)C(=S)N(C)CC)cc3s2)C1=O. The molecular formula is C26H26N2O4S3. The van der Waals surface area contributed by atoms with Gasteiger partial charge in [0, 0.05) is 50.4 Å². The van der Waals surface area contributed by atoms with E-state index in [1.807, 2.05) is 32.9 Å². The first kappa shape index (κ1) is 26.6. The van der Waals surface area contributed by atoms with Crippen LogP contribution in [0.2, 0.25) is 0 Å². The summed E-state index contributed by atoms with van der Waals surface area (Å²) in [7, 11) is 1.80. The fourth-order valence-corrected chi connectivity index (χ4v) is 6.34. The molecule has 0 radical (unpaired) electrons. The summed E-state index contributed by atoms with van der Waals surface area (Å²) >= 11 is 8.25. The number of aldehydes is 1. The maximum atomic E-state index is 13.0. The van der Waals surface area contributed by atoms with Gasteiger partial charge in [-0.3, -0.25) is 24.1 Å². The molecule has 2 aromatic heterocycles. The van der Waals surface area contributed by atoms with Crippen molar-refractivity contribution in [3.63, 3.8) is 0 Å². The Bertz CT molecular complexity index is 1310. The number of hydrogen-bond donors (Lipinski definition) is 0. The van der Waals surface area contributed by atoms with Crippen molar-refractivity contribution in [1.82, 2.24) is 9.80 Å². The molecule has 0 bridgehead atoms. The van der Waals surface area contributed by atoms with Gasteiger partial charge in [-0.25, -0.2) is 0 Å². The fourth-order valence-electron chi connectivity index (χ4n) is 3.69. The van der Waals surface area contributed by atoms with Gasteiger partial charge in [-0.15, -0.1) is 22.7 Å². The van der Waals surface area contributed by atoms with Crippen molar-refractivity contribution in [2.24, 2.45) is 0 Å². The molecular weight excluding hydrogens is 500 g/mol. The number of hydrogen-bond acceptors (Lipinski definition) is 7. The van der Waals surface area contributed by atoms with E-state index in [9.17, 15) is 19.2 Å². The zero-order valence-electron chi connectivity index (χ0n) is 20.0. The van der Waals surface area contributed by atoms with E-state index in [-0.39, 0.29) is 22.7 Å². The number of ketones is 2. The second-order valence-corrected chi connectivity index (χ2v) is 10.4. The summed E-state index contributed by atoms with van der Waals surface area (Å²) in [5.41, 5.74) is 1.06. The molecule has 1 aliphatic carbocycles. The molecule has 35 heavy (non-hydrogen) atoms. The number of fused-ring (bicyclic) bond motifs is 1. The highest BCUT2D eigenvalue weighted by atomic mass is 32.1. The van der Waals surface area contributed by atoms with E-state index in [4.69, 9.17) is 12.2 Å². The molecule has 6 nitrogen and oxygen atoms in total. The number of carbonyl (C=O) groups is 4. The summed E-state index contributed by atoms with van der Waals surface area (Å²) in [5.74, 6) is -0.969. The maximum Gasteiger partial charge on any atom is 0.263 e. The van der Waals surface area contributed by atoms with Crippen LogP contribution in [0.5, 0.6) is 0 Å². The summed E-state index contributed by atoms with van der Waals surface area (Å²) in [4.78, 5) is 54.7. The normalized spacial score (nSPS) is 15.3. The molecule has 182 valence electrons. The van der Waals surface area contributed by atoms with Crippen LogP contribution in [-0.2, 0) is 19.2 Å². The van der Waals surface area contributed by atoms with Gasteiger partial charge < -0.3 is 4.90 Å². The van der Waals surface area contributed by atoms with Gasteiger partial charge in [0.1, 0.15) is 0 Å². The fraction of sp³-hybridized carbons (Fsp3) is 0.269. The number of carbonyl (C=O) groups excluding carboxylic acids is 4. The monoisotopic (exact) mass is 526 g/mol. The predicted molar refractivity (Wildman–Crippen MR) is 148 cm³/mol. The minimum atomic E-state index is -0.439. The molecule has 0 atom stereocenters. The number of thiocarbonyl (C=S) groups is 1. The quantitative estimate of drug-likeness (QED) is 0.157.